The van der Waals surface area contributed by atoms with Gasteiger partial charge in [-0.3, -0.25) is 0 Å². The van der Waals surface area contributed by atoms with Gasteiger partial charge >= 0.3 is 0 Å². The molecule has 0 N–H and O–H groups in total. The van der Waals surface area contributed by atoms with Crippen molar-refractivity contribution in [3.63, 3.8) is 0 Å². The maximum Gasteiger partial charge on any atom is 0.0779 e. The van der Waals surface area contributed by atoms with Crippen LogP contribution in [0.15, 0.2) is 12.2 Å². The molecule has 132 valence electrons. The van der Waals surface area contributed by atoms with E-state index < -0.39 is 0 Å². The van der Waals surface area contributed by atoms with Gasteiger partial charge in [-0.05, 0) is 38.5 Å². The van der Waals surface area contributed by atoms with E-state index in [2.05, 4.69) is 19.1 Å². The molecular formula is C20H41NO. The fourth-order valence-corrected chi connectivity index (χ4v) is 2.74. The Morgan fingerprint density at radius 1 is 0.636 bits per heavy atom. The number of hydrogen-bond acceptors (Lipinski definition) is 1. The molecule has 0 bridgehead atoms. The Morgan fingerprint density at radius 2 is 1.05 bits per heavy atom. The summed E-state index contributed by atoms with van der Waals surface area (Å²) in [4.78, 5) is 0. The molecular weight excluding hydrogens is 270 g/mol. The second-order valence-electron chi connectivity index (χ2n) is 7.24. The van der Waals surface area contributed by atoms with Crippen molar-refractivity contribution in [1.82, 2.24) is 0 Å². The molecule has 0 aromatic carbocycles. The van der Waals surface area contributed by atoms with E-state index >= 15 is 0 Å². The van der Waals surface area contributed by atoms with E-state index in [0.717, 1.165) is 13.0 Å². The summed E-state index contributed by atoms with van der Waals surface area (Å²) in [7, 11) is 3.47. The van der Waals surface area contributed by atoms with Gasteiger partial charge in [0.1, 0.15) is 0 Å². The molecule has 0 aromatic heterocycles. The predicted molar refractivity (Wildman–Crippen MR) is 99.8 cm³/mol. The molecule has 2 nitrogen and oxygen atoms in total. The van der Waals surface area contributed by atoms with Crippen LogP contribution in [-0.4, -0.2) is 25.3 Å². The van der Waals surface area contributed by atoms with Crippen LogP contribution >= 0.6 is 0 Å². The highest BCUT2D eigenvalue weighted by atomic mass is 16.5. The van der Waals surface area contributed by atoms with Crippen LogP contribution in [0, 0.1) is 5.21 Å². The Labute approximate surface area is 140 Å². The van der Waals surface area contributed by atoms with Gasteiger partial charge < -0.3 is 9.85 Å². The number of hydroxylamine groups is 3. The van der Waals surface area contributed by atoms with Crippen LogP contribution in [-0.2, 0) is 0 Å². The van der Waals surface area contributed by atoms with E-state index in [1.165, 1.54) is 83.5 Å². The van der Waals surface area contributed by atoms with Crippen LogP contribution in [0.3, 0.4) is 0 Å². The molecule has 2 heteroatoms. The summed E-state index contributed by atoms with van der Waals surface area (Å²) in [6.07, 6.45) is 23.2. The molecule has 0 saturated carbocycles. The van der Waals surface area contributed by atoms with Gasteiger partial charge in [-0.25, -0.2) is 0 Å². The van der Waals surface area contributed by atoms with Gasteiger partial charge in [0, 0.05) is 0 Å². The van der Waals surface area contributed by atoms with Crippen LogP contribution in [0.4, 0.5) is 0 Å². The van der Waals surface area contributed by atoms with E-state index in [-0.39, 0.29) is 4.65 Å². The predicted octanol–water partition coefficient (Wildman–Crippen LogP) is 6.60. The quantitative estimate of drug-likeness (QED) is 0.136. The molecule has 0 atom stereocenters. The maximum atomic E-state index is 11.4. The zero-order chi connectivity index (χ0) is 16.5. The summed E-state index contributed by atoms with van der Waals surface area (Å²) < 4.78 is -0.136. The zero-order valence-corrected chi connectivity index (χ0v) is 15.6. The first-order chi connectivity index (χ1) is 10.6. The number of unbranched alkanes of at least 4 members (excludes halogenated alkanes) is 12. The molecule has 0 unspecified atom stereocenters. The number of quaternary nitrogens is 1. The summed E-state index contributed by atoms with van der Waals surface area (Å²) in [6, 6.07) is 0. The average molecular weight is 312 g/mol. The van der Waals surface area contributed by atoms with Crippen molar-refractivity contribution in [1.29, 1.82) is 0 Å². The van der Waals surface area contributed by atoms with Crippen LogP contribution in [0.25, 0.3) is 0 Å². The highest BCUT2D eigenvalue weighted by molar-refractivity contribution is 4.81. The van der Waals surface area contributed by atoms with E-state index in [1.807, 2.05) is 0 Å². The number of hydrogen-bond donors (Lipinski definition) is 0. The first-order valence-corrected chi connectivity index (χ1v) is 9.75. The Morgan fingerprint density at radius 3 is 1.50 bits per heavy atom. The van der Waals surface area contributed by atoms with Crippen molar-refractivity contribution >= 4 is 0 Å². The van der Waals surface area contributed by atoms with Crippen molar-refractivity contribution < 1.29 is 4.65 Å². The van der Waals surface area contributed by atoms with Gasteiger partial charge in [-0.15, -0.1) is 0 Å². The summed E-state index contributed by atoms with van der Waals surface area (Å²) in [5, 5.41) is 11.4. The van der Waals surface area contributed by atoms with Crippen LogP contribution in [0.5, 0.6) is 0 Å². The standard InChI is InChI=1S/C20H41NO/c1-4-5-6-7-8-9-10-11-12-13-14-15-16-17-18-19-20-21(2,3)22/h11-12H,4-10,13-20H2,1-3H3/b12-11-. The molecule has 0 spiro atoms. The molecule has 0 aliphatic rings. The average Bonchev–Trinajstić information content (AvgIpc) is 2.45. The Bertz CT molecular complexity index is 243. The second kappa shape index (κ2) is 15.6. The molecule has 0 amide bonds. The highest BCUT2D eigenvalue weighted by Gasteiger charge is 2.00. The van der Waals surface area contributed by atoms with E-state index in [4.69, 9.17) is 0 Å². The minimum Gasteiger partial charge on any atom is -0.633 e. The first kappa shape index (κ1) is 21.7. The van der Waals surface area contributed by atoms with E-state index in [0.29, 0.717) is 0 Å². The van der Waals surface area contributed by atoms with Crippen LogP contribution < -0.4 is 0 Å². The van der Waals surface area contributed by atoms with Gasteiger partial charge in [0.15, 0.2) is 0 Å². The molecule has 0 heterocycles. The summed E-state index contributed by atoms with van der Waals surface area (Å²) >= 11 is 0. The fraction of sp³-hybridized carbons (Fsp3) is 0.900. The van der Waals surface area contributed by atoms with Crippen LogP contribution in [0.1, 0.15) is 96.8 Å². The SMILES string of the molecule is CCCCCCCC/C=C\CCCCCCCC[N+](C)(C)[O-]. The second-order valence-corrected chi connectivity index (χ2v) is 7.24. The minimum absolute atomic E-state index is 0.136. The molecule has 0 saturated heterocycles. The number of allylic oxidation sites excluding steroid dienone is 2. The Balaban J connectivity index is 3.11. The topological polar surface area (TPSA) is 23.1 Å². The smallest absolute Gasteiger partial charge is 0.0779 e. The van der Waals surface area contributed by atoms with E-state index in [9.17, 15) is 5.21 Å². The third-order valence-corrected chi connectivity index (χ3v) is 4.21. The van der Waals surface area contributed by atoms with Gasteiger partial charge in [-0.1, -0.05) is 70.4 Å². The Kier molecular flexibility index (Phi) is 15.3. The molecule has 0 aliphatic carbocycles. The summed E-state index contributed by atoms with van der Waals surface area (Å²) in [5.74, 6) is 0. The van der Waals surface area contributed by atoms with Gasteiger partial charge in [0.25, 0.3) is 0 Å². The third kappa shape index (κ3) is 19.7. The van der Waals surface area contributed by atoms with Gasteiger partial charge in [-0.2, -0.15) is 0 Å². The van der Waals surface area contributed by atoms with Gasteiger partial charge in [0.05, 0.1) is 20.6 Å². The monoisotopic (exact) mass is 311 g/mol. The molecule has 0 radical (unpaired) electrons. The molecule has 22 heavy (non-hydrogen) atoms. The van der Waals surface area contributed by atoms with Crippen LogP contribution in [0.2, 0.25) is 0 Å². The Hall–Kier alpha value is -0.340. The lowest BCUT2D eigenvalue weighted by molar-refractivity contribution is -0.840. The van der Waals surface area contributed by atoms with Crippen molar-refractivity contribution in [2.24, 2.45) is 0 Å². The lowest BCUT2D eigenvalue weighted by Crippen LogP contribution is -2.32. The number of rotatable bonds is 16. The minimum atomic E-state index is -0.136. The largest absolute Gasteiger partial charge is 0.633 e. The fourth-order valence-electron chi connectivity index (χ4n) is 2.74. The van der Waals surface area contributed by atoms with Gasteiger partial charge in [0.2, 0.25) is 0 Å². The molecule has 0 aliphatic heterocycles. The molecule has 0 rings (SSSR count). The summed E-state index contributed by atoms with van der Waals surface area (Å²) in [6.45, 7) is 3.04. The van der Waals surface area contributed by atoms with E-state index in [1.54, 1.807) is 14.1 Å². The molecule has 0 aromatic rings. The number of nitrogens with zero attached hydrogens (tertiary/aromatic N) is 1. The highest BCUT2D eigenvalue weighted by Crippen LogP contribution is 2.10. The molecule has 0 fully saturated rings. The first-order valence-electron chi connectivity index (χ1n) is 9.75. The lowest BCUT2D eigenvalue weighted by atomic mass is 10.1. The van der Waals surface area contributed by atoms with Crippen molar-refractivity contribution in [2.45, 2.75) is 96.8 Å². The normalized spacial score (nSPS) is 12.4. The van der Waals surface area contributed by atoms with Crippen molar-refractivity contribution in [3.05, 3.63) is 17.4 Å². The lowest BCUT2D eigenvalue weighted by Gasteiger charge is -2.33. The summed E-state index contributed by atoms with van der Waals surface area (Å²) in [5.41, 5.74) is 0. The van der Waals surface area contributed by atoms with Crippen molar-refractivity contribution in [2.75, 3.05) is 20.6 Å². The van der Waals surface area contributed by atoms with Crippen molar-refractivity contribution in [3.8, 4) is 0 Å². The zero-order valence-electron chi connectivity index (χ0n) is 15.6. The third-order valence-electron chi connectivity index (χ3n) is 4.21. The maximum absolute atomic E-state index is 11.4.